The van der Waals surface area contributed by atoms with Gasteiger partial charge < -0.3 is 20.3 Å². The van der Waals surface area contributed by atoms with Gasteiger partial charge in [0.1, 0.15) is 5.82 Å². The summed E-state index contributed by atoms with van der Waals surface area (Å²) in [7, 11) is 0. The highest BCUT2D eigenvalue weighted by Gasteiger charge is 2.44. The number of hydrogen-bond acceptors (Lipinski definition) is 6. The molecule has 2 unspecified atom stereocenters. The predicted octanol–water partition coefficient (Wildman–Crippen LogP) is 3.26. The van der Waals surface area contributed by atoms with Crippen LogP contribution in [0.25, 0.3) is 11.3 Å². The minimum absolute atomic E-state index is 0.0750. The van der Waals surface area contributed by atoms with Crippen LogP contribution < -0.4 is 10.6 Å². The standard InChI is InChI=1S/C24H31N5O2/c1-16(30)25-20-5-3-17(4-6-20)22-7-8-23(28-27-22)26-21-9-18-11-29(12-19(18)10-21)13-24(2)14-31-15-24/h3-8,18-19,21H,9-15H2,1-2H3,(H,25,30)(H,26,28)/t18-,19?,21?/m1/s1. The van der Waals surface area contributed by atoms with Gasteiger partial charge in [0.15, 0.2) is 0 Å². The van der Waals surface area contributed by atoms with Gasteiger partial charge >= 0.3 is 0 Å². The average molecular weight is 422 g/mol. The van der Waals surface area contributed by atoms with Gasteiger partial charge in [0.05, 0.1) is 18.9 Å². The smallest absolute Gasteiger partial charge is 0.221 e. The molecule has 3 aliphatic rings. The molecule has 2 saturated heterocycles. The van der Waals surface area contributed by atoms with Gasteiger partial charge in [0.2, 0.25) is 5.91 Å². The van der Waals surface area contributed by atoms with Gasteiger partial charge in [0, 0.05) is 49.3 Å². The number of amides is 1. The summed E-state index contributed by atoms with van der Waals surface area (Å²) in [5.74, 6) is 2.35. The number of rotatable bonds is 6. The van der Waals surface area contributed by atoms with E-state index in [-0.39, 0.29) is 5.91 Å². The normalized spacial score (nSPS) is 26.8. The van der Waals surface area contributed by atoms with Crippen LogP contribution in [0.4, 0.5) is 11.5 Å². The van der Waals surface area contributed by atoms with E-state index in [2.05, 4.69) is 32.7 Å². The molecule has 1 amide bonds. The highest BCUT2D eigenvalue weighted by molar-refractivity contribution is 5.88. The number of ether oxygens (including phenoxy) is 1. The molecule has 7 heteroatoms. The fourth-order valence-corrected chi connectivity index (χ4v) is 5.43. The third-order valence-electron chi connectivity index (χ3n) is 6.85. The number of nitrogens with zero attached hydrogens (tertiary/aromatic N) is 3. The van der Waals surface area contributed by atoms with Crippen LogP contribution in [-0.4, -0.2) is 59.9 Å². The number of aromatic nitrogens is 2. The van der Waals surface area contributed by atoms with Crippen molar-refractivity contribution in [2.75, 3.05) is 43.5 Å². The Morgan fingerprint density at radius 1 is 1.10 bits per heavy atom. The van der Waals surface area contributed by atoms with Gasteiger partial charge in [-0.3, -0.25) is 4.79 Å². The summed E-state index contributed by atoms with van der Waals surface area (Å²) in [5.41, 5.74) is 2.96. The third-order valence-corrected chi connectivity index (χ3v) is 6.85. The number of carbonyl (C=O) groups is 1. The first-order chi connectivity index (χ1) is 15.0. The van der Waals surface area contributed by atoms with E-state index in [9.17, 15) is 4.79 Å². The number of benzene rings is 1. The zero-order valence-corrected chi connectivity index (χ0v) is 18.3. The predicted molar refractivity (Wildman–Crippen MR) is 121 cm³/mol. The molecule has 0 spiro atoms. The molecule has 1 saturated carbocycles. The molecule has 5 rings (SSSR count). The van der Waals surface area contributed by atoms with Gasteiger partial charge in [0.25, 0.3) is 0 Å². The molecule has 2 N–H and O–H groups in total. The van der Waals surface area contributed by atoms with Crippen LogP contribution in [0.1, 0.15) is 26.7 Å². The van der Waals surface area contributed by atoms with E-state index in [1.54, 1.807) is 0 Å². The van der Waals surface area contributed by atoms with Crippen molar-refractivity contribution < 1.29 is 9.53 Å². The van der Waals surface area contributed by atoms with Crippen LogP contribution in [-0.2, 0) is 9.53 Å². The topological polar surface area (TPSA) is 79.4 Å². The molecule has 7 nitrogen and oxygen atoms in total. The second-order valence-corrected chi connectivity index (χ2v) is 9.89. The monoisotopic (exact) mass is 421 g/mol. The molecule has 2 aliphatic heterocycles. The van der Waals surface area contributed by atoms with Gasteiger partial charge in [-0.2, -0.15) is 0 Å². The average Bonchev–Trinajstić information content (AvgIpc) is 3.25. The van der Waals surface area contributed by atoms with E-state index in [4.69, 9.17) is 4.74 Å². The molecule has 164 valence electrons. The van der Waals surface area contributed by atoms with E-state index in [0.717, 1.165) is 47.8 Å². The van der Waals surface area contributed by atoms with Gasteiger partial charge in [-0.15, -0.1) is 10.2 Å². The lowest BCUT2D eigenvalue weighted by Gasteiger charge is -2.41. The number of anilines is 2. The number of hydrogen-bond donors (Lipinski definition) is 2. The Bertz CT molecular complexity index is 912. The second kappa shape index (κ2) is 8.20. The lowest BCUT2D eigenvalue weighted by atomic mass is 9.88. The molecule has 0 bridgehead atoms. The van der Waals surface area contributed by atoms with E-state index >= 15 is 0 Å². The Morgan fingerprint density at radius 3 is 2.35 bits per heavy atom. The molecule has 3 fully saturated rings. The minimum Gasteiger partial charge on any atom is -0.380 e. The Morgan fingerprint density at radius 2 is 1.81 bits per heavy atom. The van der Waals surface area contributed by atoms with Crippen LogP contribution >= 0.6 is 0 Å². The fourth-order valence-electron chi connectivity index (χ4n) is 5.43. The molecular formula is C24H31N5O2. The van der Waals surface area contributed by atoms with Crippen LogP contribution in [0.15, 0.2) is 36.4 Å². The maximum absolute atomic E-state index is 11.1. The highest BCUT2D eigenvalue weighted by atomic mass is 16.5. The zero-order chi connectivity index (χ0) is 21.4. The van der Waals surface area contributed by atoms with E-state index in [0.29, 0.717) is 11.5 Å². The van der Waals surface area contributed by atoms with Crippen molar-refractivity contribution in [1.82, 2.24) is 15.1 Å². The summed E-state index contributed by atoms with van der Waals surface area (Å²) in [6.45, 7) is 9.29. The maximum atomic E-state index is 11.1. The summed E-state index contributed by atoms with van der Waals surface area (Å²) in [5, 5.41) is 15.2. The van der Waals surface area contributed by atoms with Crippen LogP contribution in [0.5, 0.6) is 0 Å². The van der Waals surface area contributed by atoms with E-state index < -0.39 is 0 Å². The molecule has 31 heavy (non-hydrogen) atoms. The first kappa shape index (κ1) is 20.4. The lowest BCUT2D eigenvalue weighted by Crippen LogP contribution is -2.48. The first-order valence-electron chi connectivity index (χ1n) is 11.2. The third kappa shape index (κ3) is 4.57. The molecule has 0 radical (unpaired) electrons. The van der Waals surface area contributed by atoms with Crippen molar-refractivity contribution in [1.29, 1.82) is 0 Å². The zero-order valence-electron chi connectivity index (χ0n) is 18.3. The second-order valence-electron chi connectivity index (χ2n) is 9.89. The largest absolute Gasteiger partial charge is 0.380 e. The number of likely N-dealkylation sites (tertiary alicyclic amines) is 1. The van der Waals surface area contributed by atoms with Gasteiger partial charge in [-0.05, 0) is 48.9 Å². The molecule has 3 atom stereocenters. The molecular weight excluding hydrogens is 390 g/mol. The fraction of sp³-hybridized carbons (Fsp3) is 0.542. The van der Waals surface area contributed by atoms with E-state index in [1.165, 1.54) is 39.4 Å². The first-order valence-corrected chi connectivity index (χ1v) is 11.2. The van der Waals surface area contributed by atoms with Crippen molar-refractivity contribution in [2.24, 2.45) is 17.3 Å². The summed E-state index contributed by atoms with van der Waals surface area (Å²) in [6, 6.07) is 12.2. The summed E-state index contributed by atoms with van der Waals surface area (Å²) < 4.78 is 5.42. The summed E-state index contributed by atoms with van der Waals surface area (Å²) in [4.78, 5) is 13.8. The Balaban J connectivity index is 1.13. The van der Waals surface area contributed by atoms with Crippen molar-refractivity contribution in [3.05, 3.63) is 36.4 Å². The molecule has 1 aromatic carbocycles. The summed E-state index contributed by atoms with van der Waals surface area (Å²) in [6.07, 6.45) is 2.42. The Hall–Kier alpha value is -2.51. The SMILES string of the molecule is CC(=O)Nc1ccc(-c2ccc(NC3CC4CN(CC5(C)COC5)C[C@H]4C3)nn2)cc1. The van der Waals surface area contributed by atoms with Crippen molar-refractivity contribution in [3.8, 4) is 11.3 Å². The van der Waals surface area contributed by atoms with Gasteiger partial charge in [-0.25, -0.2) is 0 Å². The maximum Gasteiger partial charge on any atom is 0.221 e. The minimum atomic E-state index is -0.0750. The number of nitrogens with one attached hydrogen (secondary N) is 2. The molecule has 2 aromatic rings. The molecule has 1 aliphatic carbocycles. The molecule has 1 aromatic heterocycles. The van der Waals surface area contributed by atoms with Crippen molar-refractivity contribution in [2.45, 2.75) is 32.7 Å². The summed E-state index contributed by atoms with van der Waals surface area (Å²) >= 11 is 0. The number of fused-ring (bicyclic) bond motifs is 1. The Labute approximate surface area is 183 Å². The van der Waals surface area contributed by atoms with Crippen molar-refractivity contribution in [3.63, 3.8) is 0 Å². The van der Waals surface area contributed by atoms with Crippen LogP contribution in [0, 0.1) is 17.3 Å². The quantitative estimate of drug-likeness (QED) is 0.745. The van der Waals surface area contributed by atoms with E-state index in [1.807, 2.05) is 36.4 Å². The van der Waals surface area contributed by atoms with Crippen molar-refractivity contribution >= 4 is 17.4 Å². The lowest BCUT2D eigenvalue weighted by molar-refractivity contribution is -0.114. The van der Waals surface area contributed by atoms with Crippen LogP contribution in [0.3, 0.4) is 0 Å². The molecule has 3 heterocycles. The van der Waals surface area contributed by atoms with Gasteiger partial charge in [-0.1, -0.05) is 19.1 Å². The van der Waals surface area contributed by atoms with Crippen LogP contribution in [0.2, 0.25) is 0 Å². The highest BCUT2D eigenvalue weighted by Crippen LogP contribution is 2.41. The number of carbonyl (C=O) groups excluding carboxylic acids is 1. The Kier molecular flexibility index (Phi) is 5.40.